The molecule has 7 nitrogen and oxygen atoms in total. The summed E-state index contributed by atoms with van der Waals surface area (Å²) in [6.07, 6.45) is 7.92. The van der Waals surface area contributed by atoms with E-state index in [0.29, 0.717) is 17.9 Å². The number of nitrogens with zero attached hydrogens (tertiary/aromatic N) is 4. The summed E-state index contributed by atoms with van der Waals surface area (Å²) in [6, 6.07) is 6.42. The zero-order valence-electron chi connectivity index (χ0n) is 13.8. The maximum atomic E-state index is 13.2. The number of hydrogen-bond donors (Lipinski definition) is 1. The number of fused-ring (bicyclic) bond motifs is 1. The molecule has 130 valence electrons. The molecular weight excluding hydrogens is 320 g/mol. The molecule has 7 heteroatoms. The largest absolute Gasteiger partial charge is 0.480 e. The molecule has 2 aliphatic rings. The van der Waals surface area contributed by atoms with Crippen molar-refractivity contribution >= 4 is 11.9 Å². The number of benzene rings is 1. The smallest absolute Gasteiger partial charge is 0.326 e. The average molecular weight is 340 g/mol. The average Bonchev–Trinajstić information content (AvgIpc) is 3.29. The van der Waals surface area contributed by atoms with Gasteiger partial charge < -0.3 is 10.0 Å². The first-order chi connectivity index (χ1) is 12.1. The predicted octanol–water partition coefficient (Wildman–Crippen LogP) is 2.13. The number of hydrogen-bond acceptors (Lipinski definition) is 4. The lowest BCUT2D eigenvalue weighted by Gasteiger charge is -2.33. The highest BCUT2D eigenvalue weighted by Crippen LogP contribution is 2.40. The number of carbonyl (C=O) groups is 2. The van der Waals surface area contributed by atoms with Crippen molar-refractivity contribution in [1.29, 1.82) is 0 Å². The highest BCUT2D eigenvalue weighted by Gasteiger charge is 2.47. The fraction of sp³-hybridized carbons (Fsp3) is 0.444. The van der Waals surface area contributed by atoms with Gasteiger partial charge in [-0.2, -0.15) is 0 Å². The number of rotatable bonds is 3. The van der Waals surface area contributed by atoms with Crippen molar-refractivity contribution in [3.8, 4) is 5.69 Å². The van der Waals surface area contributed by atoms with E-state index in [0.717, 1.165) is 31.4 Å². The van der Waals surface area contributed by atoms with Gasteiger partial charge in [0.1, 0.15) is 6.04 Å². The monoisotopic (exact) mass is 340 g/mol. The maximum absolute atomic E-state index is 13.2. The third kappa shape index (κ3) is 2.79. The summed E-state index contributed by atoms with van der Waals surface area (Å²) in [4.78, 5) is 26.5. The minimum absolute atomic E-state index is 0.0392. The van der Waals surface area contributed by atoms with Crippen LogP contribution in [0.5, 0.6) is 0 Å². The van der Waals surface area contributed by atoms with E-state index in [4.69, 9.17) is 0 Å². The second kappa shape index (κ2) is 6.31. The van der Waals surface area contributed by atoms with Crippen LogP contribution in [0.1, 0.15) is 42.5 Å². The van der Waals surface area contributed by atoms with Gasteiger partial charge in [0.15, 0.2) is 0 Å². The molecule has 2 aromatic rings. The van der Waals surface area contributed by atoms with E-state index in [9.17, 15) is 14.7 Å². The third-order valence-electron chi connectivity index (χ3n) is 5.39. The zero-order chi connectivity index (χ0) is 17.4. The molecule has 25 heavy (non-hydrogen) atoms. The molecule has 1 aliphatic carbocycles. The van der Waals surface area contributed by atoms with Gasteiger partial charge in [0.25, 0.3) is 5.91 Å². The molecular formula is C18H20N4O3. The van der Waals surface area contributed by atoms with Crippen LogP contribution in [0.3, 0.4) is 0 Å². The van der Waals surface area contributed by atoms with E-state index in [1.807, 2.05) is 6.07 Å². The van der Waals surface area contributed by atoms with Gasteiger partial charge in [-0.1, -0.05) is 24.1 Å². The maximum Gasteiger partial charge on any atom is 0.326 e. The molecule has 1 amide bonds. The summed E-state index contributed by atoms with van der Waals surface area (Å²) >= 11 is 0. The Bertz CT molecular complexity index is 789. The van der Waals surface area contributed by atoms with E-state index < -0.39 is 12.0 Å². The standard InChI is InChI=1S/C18H20N4O3/c23-17(13-5-3-6-14(10-13)21-9-8-19-20-21)22-15-7-2-1-4-12(15)11-16(22)18(24)25/h3,5-6,8-10,12,15-16H,1-2,4,7,11H2,(H,24,25)/t12-,15+,16+/m1/s1. The fourth-order valence-corrected chi connectivity index (χ4v) is 4.25. The van der Waals surface area contributed by atoms with Crippen molar-refractivity contribution < 1.29 is 14.7 Å². The summed E-state index contributed by atoms with van der Waals surface area (Å²) in [7, 11) is 0. The molecule has 1 aliphatic heterocycles. The number of carbonyl (C=O) groups excluding carboxylic acids is 1. The van der Waals surface area contributed by atoms with Crippen molar-refractivity contribution in [1.82, 2.24) is 19.9 Å². The lowest BCUT2D eigenvalue weighted by molar-refractivity contribution is -0.141. The second-order valence-electron chi connectivity index (χ2n) is 6.81. The van der Waals surface area contributed by atoms with Crippen LogP contribution in [0, 0.1) is 5.92 Å². The molecule has 0 bridgehead atoms. The van der Waals surface area contributed by atoms with E-state index in [1.165, 1.54) is 0 Å². The molecule has 0 unspecified atom stereocenters. The highest BCUT2D eigenvalue weighted by molar-refractivity contribution is 5.97. The van der Waals surface area contributed by atoms with Crippen LogP contribution in [0.25, 0.3) is 5.69 Å². The first-order valence-electron chi connectivity index (χ1n) is 8.67. The number of carboxylic acids is 1. The number of aromatic nitrogens is 3. The fourth-order valence-electron chi connectivity index (χ4n) is 4.25. The third-order valence-corrected chi connectivity index (χ3v) is 5.39. The lowest BCUT2D eigenvalue weighted by atomic mass is 9.84. The van der Waals surface area contributed by atoms with Crippen LogP contribution < -0.4 is 0 Å². The first kappa shape index (κ1) is 15.8. The van der Waals surface area contributed by atoms with Crippen molar-refractivity contribution in [3.63, 3.8) is 0 Å². The Balaban J connectivity index is 1.67. The van der Waals surface area contributed by atoms with Crippen LogP contribution >= 0.6 is 0 Å². The molecule has 2 heterocycles. The number of aliphatic carboxylic acids is 1. The topological polar surface area (TPSA) is 88.3 Å². The van der Waals surface area contributed by atoms with Crippen molar-refractivity contribution in [2.24, 2.45) is 5.92 Å². The molecule has 4 rings (SSSR count). The molecule has 1 aromatic carbocycles. The molecule has 0 radical (unpaired) electrons. The minimum atomic E-state index is -0.907. The molecule has 1 saturated heterocycles. The van der Waals surface area contributed by atoms with Gasteiger partial charge in [-0.15, -0.1) is 5.10 Å². The summed E-state index contributed by atoms with van der Waals surface area (Å²) in [5.74, 6) is -0.809. The highest BCUT2D eigenvalue weighted by atomic mass is 16.4. The van der Waals surface area contributed by atoms with Crippen LogP contribution in [-0.2, 0) is 4.79 Å². The number of amides is 1. The van der Waals surface area contributed by atoms with E-state index in [2.05, 4.69) is 10.3 Å². The Labute approximate surface area is 145 Å². The Morgan fingerprint density at radius 1 is 1.20 bits per heavy atom. The molecule has 1 aromatic heterocycles. The number of likely N-dealkylation sites (tertiary alicyclic amines) is 1. The van der Waals surface area contributed by atoms with Crippen molar-refractivity contribution in [3.05, 3.63) is 42.2 Å². The predicted molar refractivity (Wildman–Crippen MR) is 89.3 cm³/mol. The summed E-state index contributed by atoms with van der Waals surface area (Å²) in [5, 5.41) is 17.3. The molecule has 3 atom stereocenters. The van der Waals surface area contributed by atoms with Crippen LogP contribution in [0.4, 0.5) is 0 Å². The normalized spacial score (nSPS) is 25.6. The van der Waals surface area contributed by atoms with Crippen LogP contribution in [0.2, 0.25) is 0 Å². The van der Waals surface area contributed by atoms with Gasteiger partial charge in [0, 0.05) is 11.6 Å². The minimum Gasteiger partial charge on any atom is -0.480 e. The summed E-state index contributed by atoms with van der Waals surface area (Å²) in [6.45, 7) is 0. The zero-order valence-corrected chi connectivity index (χ0v) is 13.8. The molecule has 0 spiro atoms. The molecule has 2 fully saturated rings. The van der Waals surface area contributed by atoms with Crippen LogP contribution in [-0.4, -0.2) is 49.0 Å². The van der Waals surface area contributed by atoms with E-state index >= 15 is 0 Å². The molecule has 1 N–H and O–H groups in total. The van der Waals surface area contributed by atoms with Gasteiger partial charge in [0.2, 0.25) is 0 Å². The SMILES string of the molecule is O=C(O)[C@@H]1C[C@H]2CCCC[C@@H]2N1C(=O)c1cccc(-n2ccnn2)c1. The number of carboxylic acid groups (broad SMARTS) is 1. The van der Waals surface area contributed by atoms with E-state index in [1.54, 1.807) is 40.2 Å². The van der Waals surface area contributed by atoms with Crippen LogP contribution in [0.15, 0.2) is 36.7 Å². The molecule has 1 saturated carbocycles. The Hall–Kier alpha value is -2.70. The van der Waals surface area contributed by atoms with Crippen molar-refractivity contribution in [2.45, 2.75) is 44.2 Å². The Morgan fingerprint density at radius 3 is 2.80 bits per heavy atom. The Morgan fingerprint density at radius 2 is 2.04 bits per heavy atom. The Kier molecular flexibility index (Phi) is 3.99. The van der Waals surface area contributed by atoms with Gasteiger partial charge in [0.05, 0.1) is 18.1 Å². The quantitative estimate of drug-likeness (QED) is 0.924. The van der Waals surface area contributed by atoms with Gasteiger partial charge in [-0.05, 0) is 43.4 Å². The first-order valence-corrected chi connectivity index (χ1v) is 8.67. The van der Waals surface area contributed by atoms with Gasteiger partial charge in [-0.3, -0.25) is 4.79 Å². The second-order valence-corrected chi connectivity index (χ2v) is 6.81. The lowest BCUT2D eigenvalue weighted by Crippen LogP contribution is -2.46. The summed E-state index contributed by atoms with van der Waals surface area (Å²) < 4.78 is 1.58. The summed E-state index contributed by atoms with van der Waals surface area (Å²) in [5.41, 5.74) is 1.22. The van der Waals surface area contributed by atoms with Crippen molar-refractivity contribution in [2.75, 3.05) is 0 Å². The van der Waals surface area contributed by atoms with E-state index in [-0.39, 0.29) is 11.9 Å². The van der Waals surface area contributed by atoms with Gasteiger partial charge in [-0.25, -0.2) is 9.48 Å². The van der Waals surface area contributed by atoms with Gasteiger partial charge >= 0.3 is 5.97 Å².